The van der Waals surface area contributed by atoms with Gasteiger partial charge in [0, 0.05) is 22.8 Å². The van der Waals surface area contributed by atoms with Gasteiger partial charge >= 0.3 is 6.03 Å². The highest BCUT2D eigenvalue weighted by Gasteiger charge is 2.35. The maximum Gasteiger partial charge on any atom is 0.322 e. The number of hydrogen-bond acceptors (Lipinski definition) is 3. The first kappa shape index (κ1) is 21.0. The van der Waals surface area contributed by atoms with E-state index in [4.69, 9.17) is 21.1 Å². The predicted octanol–water partition coefficient (Wildman–Crippen LogP) is 5.68. The summed E-state index contributed by atoms with van der Waals surface area (Å²) in [5, 5.41) is 3.40. The number of amides is 2. The molecule has 4 rings (SSSR count). The zero-order chi connectivity index (χ0) is 22.0. The number of nitrogens with zero attached hydrogens (tertiary/aromatic N) is 1. The van der Waals surface area contributed by atoms with Crippen LogP contribution in [0.3, 0.4) is 0 Å². The van der Waals surface area contributed by atoms with Gasteiger partial charge in [0.1, 0.15) is 5.82 Å². The molecule has 7 heteroatoms. The van der Waals surface area contributed by atoms with Crippen molar-refractivity contribution in [3.05, 3.63) is 88.2 Å². The quantitative estimate of drug-likeness (QED) is 0.568. The van der Waals surface area contributed by atoms with E-state index in [0.717, 1.165) is 11.1 Å². The van der Waals surface area contributed by atoms with Crippen LogP contribution < -0.4 is 14.8 Å². The minimum Gasteiger partial charge on any atom is -0.493 e. The van der Waals surface area contributed by atoms with Crippen LogP contribution in [0.4, 0.5) is 14.9 Å². The van der Waals surface area contributed by atoms with E-state index in [9.17, 15) is 9.18 Å². The summed E-state index contributed by atoms with van der Waals surface area (Å²) in [7, 11) is 3.13. The van der Waals surface area contributed by atoms with Gasteiger partial charge in [-0.25, -0.2) is 9.18 Å². The first-order valence-corrected chi connectivity index (χ1v) is 10.2. The fraction of sp³-hybridized carbons (Fsp3) is 0.208. The summed E-state index contributed by atoms with van der Waals surface area (Å²) in [6, 6.07) is 16.2. The summed E-state index contributed by atoms with van der Waals surface area (Å²) in [6.07, 6.45) is 0.601. The van der Waals surface area contributed by atoms with Gasteiger partial charge in [-0.2, -0.15) is 0 Å². The molecule has 0 radical (unpaired) electrons. The number of halogens is 2. The minimum atomic E-state index is -0.621. The molecule has 0 saturated carbocycles. The van der Waals surface area contributed by atoms with Crippen molar-refractivity contribution in [2.45, 2.75) is 12.5 Å². The molecular formula is C24H22ClFN2O3. The Morgan fingerprint density at radius 3 is 2.48 bits per heavy atom. The molecule has 0 aliphatic carbocycles. The summed E-state index contributed by atoms with van der Waals surface area (Å²) in [5.74, 6) is 0.751. The van der Waals surface area contributed by atoms with Crippen molar-refractivity contribution >= 4 is 23.3 Å². The van der Waals surface area contributed by atoms with Crippen LogP contribution >= 0.6 is 11.6 Å². The van der Waals surface area contributed by atoms with Gasteiger partial charge in [-0.3, -0.25) is 0 Å². The number of nitrogens with one attached hydrogen (secondary N) is 1. The number of hydrogen-bond donors (Lipinski definition) is 1. The molecule has 1 heterocycles. The molecule has 1 N–H and O–H groups in total. The van der Waals surface area contributed by atoms with E-state index in [1.807, 2.05) is 12.1 Å². The molecule has 3 aromatic carbocycles. The third kappa shape index (κ3) is 4.16. The molecule has 5 nitrogen and oxygen atoms in total. The highest BCUT2D eigenvalue weighted by atomic mass is 35.5. The topological polar surface area (TPSA) is 50.8 Å². The van der Waals surface area contributed by atoms with E-state index in [2.05, 4.69) is 5.32 Å². The van der Waals surface area contributed by atoms with Crippen LogP contribution in [0.25, 0.3) is 0 Å². The van der Waals surface area contributed by atoms with Crippen LogP contribution in [0.2, 0.25) is 5.02 Å². The van der Waals surface area contributed by atoms with E-state index in [1.54, 1.807) is 61.6 Å². The first-order chi connectivity index (χ1) is 15.0. The fourth-order valence-corrected chi connectivity index (χ4v) is 4.15. The molecule has 0 aromatic heterocycles. The monoisotopic (exact) mass is 440 g/mol. The molecule has 0 spiro atoms. The second-order valence-electron chi connectivity index (χ2n) is 7.21. The summed E-state index contributed by atoms with van der Waals surface area (Å²) in [6.45, 7) is 0.411. The number of carbonyl (C=O) groups excluding carboxylic acids is 1. The second-order valence-corrected chi connectivity index (χ2v) is 7.65. The molecule has 1 aliphatic rings. The number of benzene rings is 3. The number of fused-ring (bicyclic) bond motifs is 1. The normalized spacial score (nSPS) is 15.2. The Hall–Kier alpha value is -3.25. The zero-order valence-electron chi connectivity index (χ0n) is 17.2. The molecule has 1 aliphatic heterocycles. The Morgan fingerprint density at radius 2 is 1.77 bits per heavy atom. The van der Waals surface area contributed by atoms with Crippen LogP contribution in [-0.2, 0) is 6.42 Å². The smallest absolute Gasteiger partial charge is 0.322 e. The number of ether oxygens (including phenoxy) is 2. The minimum absolute atomic E-state index is 0.337. The first-order valence-electron chi connectivity index (χ1n) is 9.84. The van der Waals surface area contributed by atoms with Gasteiger partial charge < -0.3 is 19.7 Å². The Labute approximate surface area is 185 Å². The standard InChI is InChI=1S/C24H22ClFN2O3/c1-30-21-12-15-10-11-28(24(29)27-17-7-5-6-16(25)13-17)23(19(15)14-22(21)31-2)18-8-3-4-9-20(18)26/h3-9,12-14,23H,10-11H2,1-2H3,(H,27,29)/t23-/m0/s1. The lowest BCUT2D eigenvalue weighted by atomic mass is 9.87. The lowest BCUT2D eigenvalue weighted by Crippen LogP contribution is -2.43. The zero-order valence-corrected chi connectivity index (χ0v) is 17.9. The summed E-state index contributed by atoms with van der Waals surface area (Å²) in [4.78, 5) is 14.9. The maximum absolute atomic E-state index is 14.9. The maximum atomic E-state index is 14.9. The van der Waals surface area contributed by atoms with Crippen LogP contribution in [0.15, 0.2) is 60.7 Å². The van der Waals surface area contributed by atoms with Crippen molar-refractivity contribution in [3.8, 4) is 11.5 Å². The number of rotatable bonds is 4. The van der Waals surface area contributed by atoms with Gasteiger partial charge in [0.25, 0.3) is 0 Å². The van der Waals surface area contributed by atoms with Gasteiger partial charge in [-0.1, -0.05) is 35.9 Å². The molecule has 0 unspecified atom stereocenters. The third-order valence-electron chi connectivity index (χ3n) is 5.41. The summed E-state index contributed by atoms with van der Waals surface area (Å²) in [5.41, 5.74) is 2.77. The van der Waals surface area contributed by atoms with Crippen molar-refractivity contribution in [2.75, 3.05) is 26.1 Å². The number of urea groups is 1. The van der Waals surface area contributed by atoms with Crippen molar-refractivity contribution in [1.29, 1.82) is 0 Å². The van der Waals surface area contributed by atoms with E-state index >= 15 is 0 Å². The summed E-state index contributed by atoms with van der Waals surface area (Å²) >= 11 is 6.05. The Balaban J connectivity index is 1.79. The molecule has 31 heavy (non-hydrogen) atoms. The average molecular weight is 441 g/mol. The molecular weight excluding hydrogens is 419 g/mol. The van der Waals surface area contributed by atoms with E-state index in [-0.39, 0.29) is 11.8 Å². The van der Waals surface area contributed by atoms with Crippen molar-refractivity contribution in [3.63, 3.8) is 0 Å². The molecule has 0 saturated heterocycles. The van der Waals surface area contributed by atoms with Crippen LogP contribution in [0, 0.1) is 5.82 Å². The Bertz CT molecular complexity index is 1120. The highest BCUT2D eigenvalue weighted by molar-refractivity contribution is 6.30. The highest BCUT2D eigenvalue weighted by Crippen LogP contribution is 2.41. The van der Waals surface area contributed by atoms with Crippen molar-refractivity contribution in [1.82, 2.24) is 4.90 Å². The van der Waals surface area contributed by atoms with Gasteiger partial charge in [-0.05, 0) is 53.9 Å². The number of methoxy groups -OCH3 is 2. The van der Waals surface area contributed by atoms with Crippen LogP contribution in [-0.4, -0.2) is 31.7 Å². The van der Waals surface area contributed by atoms with E-state index < -0.39 is 6.04 Å². The lowest BCUT2D eigenvalue weighted by Gasteiger charge is -2.38. The molecule has 160 valence electrons. The van der Waals surface area contributed by atoms with Crippen LogP contribution in [0.5, 0.6) is 11.5 Å². The van der Waals surface area contributed by atoms with Crippen LogP contribution in [0.1, 0.15) is 22.7 Å². The number of carbonyl (C=O) groups is 1. The van der Waals surface area contributed by atoms with Gasteiger partial charge in [0.2, 0.25) is 0 Å². The third-order valence-corrected chi connectivity index (χ3v) is 5.65. The van der Waals surface area contributed by atoms with Gasteiger partial charge in [-0.15, -0.1) is 0 Å². The average Bonchev–Trinajstić information content (AvgIpc) is 2.77. The van der Waals surface area contributed by atoms with Crippen molar-refractivity contribution in [2.24, 2.45) is 0 Å². The van der Waals surface area contributed by atoms with E-state index in [1.165, 1.54) is 6.07 Å². The summed E-state index contributed by atoms with van der Waals surface area (Å²) < 4.78 is 25.8. The van der Waals surface area contributed by atoms with E-state index in [0.29, 0.717) is 40.7 Å². The fourth-order valence-electron chi connectivity index (χ4n) is 3.96. The Kier molecular flexibility index (Phi) is 6.00. The largest absolute Gasteiger partial charge is 0.493 e. The second kappa shape index (κ2) is 8.86. The molecule has 0 bridgehead atoms. The van der Waals surface area contributed by atoms with Gasteiger partial charge in [0.05, 0.1) is 20.3 Å². The molecule has 0 fully saturated rings. The van der Waals surface area contributed by atoms with Gasteiger partial charge in [0.15, 0.2) is 11.5 Å². The SMILES string of the molecule is COc1cc2c(cc1OC)[C@H](c1ccccc1F)N(C(=O)Nc1cccc(Cl)c1)CC2. The molecule has 1 atom stereocenters. The lowest BCUT2D eigenvalue weighted by molar-refractivity contribution is 0.192. The molecule has 3 aromatic rings. The molecule has 2 amide bonds. The number of anilines is 1. The van der Waals surface area contributed by atoms with Crippen molar-refractivity contribution < 1.29 is 18.7 Å². The Morgan fingerprint density at radius 1 is 1.03 bits per heavy atom. The predicted molar refractivity (Wildman–Crippen MR) is 119 cm³/mol.